The molecule has 0 fully saturated rings. The summed E-state index contributed by atoms with van der Waals surface area (Å²) in [6.07, 6.45) is 1.83. The summed E-state index contributed by atoms with van der Waals surface area (Å²) in [6.45, 7) is 6.39. The third-order valence-corrected chi connectivity index (χ3v) is 5.40. The SMILES string of the molecule is CCC(C)CC(C)NS(=O)(=O)c1ccc(CN)cc1Cl. The molecule has 0 spiro atoms. The standard InChI is InChI=1S/C14H23ClN2O2S/c1-4-10(2)7-11(3)17-20(18,19)14-6-5-12(9-16)8-13(14)15/h5-6,8,10-11,17H,4,7,9,16H2,1-3H3. The van der Waals surface area contributed by atoms with Crippen LogP contribution in [0.5, 0.6) is 0 Å². The first kappa shape index (κ1) is 17.4. The van der Waals surface area contributed by atoms with E-state index in [0.29, 0.717) is 12.5 Å². The predicted molar refractivity (Wildman–Crippen MR) is 83.2 cm³/mol. The molecular formula is C14H23ClN2O2S. The zero-order chi connectivity index (χ0) is 15.3. The summed E-state index contributed by atoms with van der Waals surface area (Å²) in [6, 6.07) is 4.65. The fourth-order valence-corrected chi connectivity index (χ4v) is 3.86. The molecule has 114 valence electrons. The summed E-state index contributed by atoms with van der Waals surface area (Å²) in [5.41, 5.74) is 6.31. The number of hydrogen-bond acceptors (Lipinski definition) is 3. The summed E-state index contributed by atoms with van der Waals surface area (Å²) in [4.78, 5) is 0.104. The van der Waals surface area contributed by atoms with Crippen molar-refractivity contribution in [3.05, 3.63) is 28.8 Å². The average molecular weight is 319 g/mol. The van der Waals surface area contributed by atoms with Gasteiger partial charge in [0, 0.05) is 12.6 Å². The Kier molecular flexibility index (Phi) is 6.45. The van der Waals surface area contributed by atoms with Crippen LogP contribution in [0.25, 0.3) is 0 Å². The molecule has 2 unspecified atom stereocenters. The van der Waals surface area contributed by atoms with E-state index < -0.39 is 10.0 Å². The second kappa shape index (κ2) is 7.41. The molecule has 1 rings (SSSR count). The van der Waals surface area contributed by atoms with Crippen molar-refractivity contribution in [3.63, 3.8) is 0 Å². The van der Waals surface area contributed by atoms with Gasteiger partial charge in [0.1, 0.15) is 4.90 Å². The van der Waals surface area contributed by atoms with Crippen LogP contribution in [0.2, 0.25) is 5.02 Å². The second-order valence-corrected chi connectivity index (χ2v) is 7.33. The number of rotatable bonds is 7. The topological polar surface area (TPSA) is 72.2 Å². The summed E-state index contributed by atoms with van der Waals surface area (Å²) in [5, 5.41) is 0.205. The molecule has 2 atom stereocenters. The average Bonchev–Trinajstić information content (AvgIpc) is 2.37. The number of nitrogens with two attached hydrogens (primary N) is 1. The number of sulfonamides is 1. The molecule has 0 aromatic heterocycles. The minimum Gasteiger partial charge on any atom is -0.326 e. The molecule has 1 aromatic rings. The third-order valence-electron chi connectivity index (χ3n) is 3.33. The number of benzene rings is 1. The highest BCUT2D eigenvalue weighted by Crippen LogP contribution is 2.23. The normalized spacial score (nSPS) is 15.1. The maximum Gasteiger partial charge on any atom is 0.242 e. The second-order valence-electron chi connectivity index (χ2n) is 5.24. The molecule has 20 heavy (non-hydrogen) atoms. The molecule has 0 amide bonds. The van der Waals surface area contributed by atoms with Crippen molar-refractivity contribution < 1.29 is 8.42 Å². The van der Waals surface area contributed by atoms with Gasteiger partial charge >= 0.3 is 0 Å². The lowest BCUT2D eigenvalue weighted by atomic mass is 10.0. The van der Waals surface area contributed by atoms with Gasteiger partial charge in [-0.2, -0.15) is 0 Å². The van der Waals surface area contributed by atoms with Crippen LogP contribution >= 0.6 is 11.6 Å². The van der Waals surface area contributed by atoms with Gasteiger partial charge < -0.3 is 5.73 Å². The summed E-state index contributed by atoms with van der Waals surface area (Å²) >= 11 is 6.03. The fraction of sp³-hybridized carbons (Fsp3) is 0.571. The van der Waals surface area contributed by atoms with Gasteiger partial charge in [0.25, 0.3) is 0 Å². The van der Waals surface area contributed by atoms with Crippen LogP contribution < -0.4 is 10.5 Å². The van der Waals surface area contributed by atoms with E-state index in [1.165, 1.54) is 6.07 Å². The lowest BCUT2D eigenvalue weighted by molar-refractivity contribution is 0.445. The van der Waals surface area contributed by atoms with Crippen molar-refractivity contribution in [2.24, 2.45) is 11.7 Å². The van der Waals surface area contributed by atoms with Crippen molar-refractivity contribution in [1.29, 1.82) is 0 Å². The van der Waals surface area contributed by atoms with Gasteiger partial charge in [-0.3, -0.25) is 0 Å². The molecule has 0 saturated carbocycles. The lowest BCUT2D eigenvalue weighted by Crippen LogP contribution is -2.33. The Morgan fingerprint density at radius 3 is 2.50 bits per heavy atom. The largest absolute Gasteiger partial charge is 0.326 e. The third kappa shape index (κ3) is 4.74. The van der Waals surface area contributed by atoms with E-state index in [4.69, 9.17) is 17.3 Å². The first-order chi connectivity index (χ1) is 9.30. The minimum absolute atomic E-state index is 0.104. The highest BCUT2D eigenvalue weighted by molar-refractivity contribution is 7.89. The Bertz CT molecular complexity index is 546. The maximum absolute atomic E-state index is 12.3. The van der Waals surface area contributed by atoms with Crippen molar-refractivity contribution in [3.8, 4) is 0 Å². The Morgan fingerprint density at radius 1 is 1.35 bits per heavy atom. The van der Waals surface area contributed by atoms with Crippen molar-refractivity contribution in [2.75, 3.05) is 0 Å². The molecule has 0 heterocycles. The molecule has 0 aliphatic carbocycles. The van der Waals surface area contributed by atoms with E-state index in [1.807, 2.05) is 6.92 Å². The first-order valence-corrected chi connectivity index (χ1v) is 8.67. The van der Waals surface area contributed by atoms with E-state index in [1.54, 1.807) is 12.1 Å². The van der Waals surface area contributed by atoms with Crippen LogP contribution in [0.15, 0.2) is 23.1 Å². The summed E-state index contributed by atoms with van der Waals surface area (Å²) in [5.74, 6) is 0.475. The van der Waals surface area contributed by atoms with Crippen molar-refractivity contribution in [1.82, 2.24) is 4.72 Å². The molecule has 0 aliphatic rings. The molecule has 0 saturated heterocycles. The van der Waals surface area contributed by atoms with Crippen LogP contribution in [0.1, 0.15) is 39.2 Å². The molecule has 0 bridgehead atoms. The molecule has 4 nitrogen and oxygen atoms in total. The van der Waals surface area contributed by atoms with E-state index >= 15 is 0 Å². The van der Waals surface area contributed by atoms with Gasteiger partial charge in [0.05, 0.1) is 5.02 Å². The zero-order valence-corrected chi connectivity index (χ0v) is 13.8. The van der Waals surface area contributed by atoms with Gasteiger partial charge in [0.2, 0.25) is 10.0 Å². The molecule has 0 radical (unpaired) electrons. The smallest absolute Gasteiger partial charge is 0.242 e. The van der Waals surface area contributed by atoms with Gasteiger partial charge in [-0.15, -0.1) is 0 Å². The first-order valence-electron chi connectivity index (χ1n) is 6.81. The van der Waals surface area contributed by atoms with Gasteiger partial charge in [0.15, 0.2) is 0 Å². The van der Waals surface area contributed by atoms with Crippen LogP contribution in [-0.2, 0) is 16.6 Å². The predicted octanol–water partition coefficient (Wildman–Crippen LogP) is 2.90. The van der Waals surface area contributed by atoms with E-state index in [-0.39, 0.29) is 16.0 Å². The Hall–Kier alpha value is -0.620. The molecule has 0 aliphatic heterocycles. The minimum atomic E-state index is -3.59. The van der Waals surface area contributed by atoms with Crippen LogP contribution in [0.3, 0.4) is 0 Å². The quantitative estimate of drug-likeness (QED) is 0.812. The van der Waals surface area contributed by atoms with Gasteiger partial charge in [-0.05, 0) is 37.0 Å². The Morgan fingerprint density at radius 2 is 2.00 bits per heavy atom. The van der Waals surface area contributed by atoms with E-state index in [9.17, 15) is 8.42 Å². The lowest BCUT2D eigenvalue weighted by Gasteiger charge is -2.18. The highest BCUT2D eigenvalue weighted by atomic mass is 35.5. The fourth-order valence-electron chi connectivity index (χ4n) is 2.04. The zero-order valence-electron chi connectivity index (χ0n) is 12.2. The Labute approximate surface area is 126 Å². The van der Waals surface area contributed by atoms with Crippen LogP contribution in [0.4, 0.5) is 0 Å². The molecule has 1 aromatic carbocycles. The van der Waals surface area contributed by atoms with Crippen molar-refractivity contribution >= 4 is 21.6 Å². The van der Waals surface area contributed by atoms with Gasteiger partial charge in [-0.1, -0.05) is 37.9 Å². The monoisotopic (exact) mass is 318 g/mol. The Balaban J connectivity index is 2.88. The number of hydrogen-bond donors (Lipinski definition) is 2. The van der Waals surface area contributed by atoms with Gasteiger partial charge in [-0.25, -0.2) is 13.1 Å². The molecule has 6 heteroatoms. The molecule has 3 N–H and O–H groups in total. The molecular weight excluding hydrogens is 296 g/mol. The van der Waals surface area contributed by atoms with Crippen LogP contribution in [-0.4, -0.2) is 14.5 Å². The maximum atomic E-state index is 12.3. The van der Waals surface area contributed by atoms with Crippen LogP contribution in [0, 0.1) is 5.92 Å². The number of halogens is 1. The summed E-state index contributed by atoms with van der Waals surface area (Å²) in [7, 11) is -3.59. The highest BCUT2D eigenvalue weighted by Gasteiger charge is 2.21. The van der Waals surface area contributed by atoms with E-state index in [0.717, 1.165) is 18.4 Å². The summed E-state index contributed by atoms with van der Waals surface area (Å²) < 4.78 is 27.3. The number of nitrogens with one attached hydrogen (secondary N) is 1. The van der Waals surface area contributed by atoms with E-state index in [2.05, 4.69) is 18.6 Å². The van der Waals surface area contributed by atoms with Crippen molar-refractivity contribution in [2.45, 2.75) is 51.1 Å².